The molecular weight excluding hydrogens is 409 g/mol. The van der Waals surface area contributed by atoms with Crippen LogP contribution in [0.4, 0.5) is 18.9 Å². The Morgan fingerprint density at radius 2 is 1.86 bits per heavy atom. The smallest absolute Gasteiger partial charge is 0.379 e. The summed E-state index contributed by atoms with van der Waals surface area (Å²) in [6.45, 7) is 0.990. The maximum atomic E-state index is 12.9. The average Bonchev–Trinajstić information content (AvgIpc) is 2.68. The van der Waals surface area contributed by atoms with Crippen LogP contribution in [0.25, 0.3) is 0 Å². The lowest BCUT2D eigenvalue weighted by Crippen LogP contribution is -2.40. The van der Waals surface area contributed by atoms with Crippen LogP contribution in [0.2, 0.25) is 0 Å². The zero-order chi connectivity index (χ0) is 21.1. The number of para-hydroxylation sites is 1. The molecule has 0 radical (unpaired) electrons. The van der Waals surface area contributed by atoms with Gasteiger partial charge in [0.1, 0.15) is 0 Å². The second-order valence-electron chi connectivity index (χ2n) is 6.56. The van der Waals surface area contributed by atoms with Crippen LogP contribution < -0.4 is 10.0 Å². The standard InChI is InChI=1S/C19H19F3N2O4S/c20-19(21,22)13-5-3-7-15(11-13)29(26,27)24-17-9-2-1-8-16(17)18(25)23-14-6-4-10-28-12-14/h1-3,5,7-9,11,14,24H,4,6,10,12H2,(H,23,25). The molecule has 29 heavy (non-hydrogen) atoms. The molecule has 3 rings (SSSR count). The van der Waals surface area contributed by atoms with Crippen molar-refractivity contribution in [2.45, 2.75) is 30.0 Å². The first-order valence-corrected chi connectivity index (χ1v) is 10.3. The molecule has 6 nitrogen and oxygen atoms in total. The van der Waals surface area contributed by atoms with E-state index in [4.69, 9.17) is 4.74 Å². The summed E-state index contributed by atoms with van der Waals surface area (Å²) in [6, 6.07) is 9.10. The topological polar surface area (TPSA) is 84.5 Å². The summed E-state index contributed by atoms with van der Waals surface area (Å²) in [5.41, 5.74) is -1.04. The lowest BCUT2D eigenvalue weighted by atomic mass is 10.1. The van der Waals surface area contributed by atoms with Gasteiger partial charge in [-0.05, 0) is 43.2 Å². The van der Waals surface area contributed by atoms with Crippen LogP contribution >= 0.6 is 0 Å². The van der Waals surface area contributed by atoms with Gasteiger partial charge in [-0.3, -0.25) is 9.52 Å². The lowest BCUT2D eigenvalue weighted by Gasteiger charge is -2.23. The van der Waals surface area contributed by atoms with E-state index in [-0.39, 0.29) is 17.3 Å². The number of sulfonamides is 1. The number of rotatable bonds is 5. The summed E-state index contributed by atoms with van der Waals surface area (Å²) in [7, 11) is -4.34. The van der Waals surface area contributed by atoms with Crippen molar-refractivity contribution in [1.82, 2.24) is 5.32 Å². The van der Waals surface area contributed by atoms with E-state index >= 15 is 0 Å². The van der Waals surface area contributed by atoms with Crippen LogP contribution in [0.15, 0.2) is 53.4 Å². The third-order valence-corrected chi connectivity index (χ3v) is 5.75. The predicted octanol–water partition coefficient (Wildman–Crippen LogP) is 3.42. The van der Waals surface area contributed by atoms with Gasteiger partial charge in [0.15, 0.2) is 0 Å². The normalized spacial score (nSPS) is 17.6. The fourth-order valence-electron chi connectivity index (χ4n) is 2.93. The number of halogens is 3. The van der Waals surface area contributed by atoms with Crippen LogP contribution in [-0.2, 0) is 20.9 Å². The molecule has 2 aromatic carbocycles. The first-order chi connectivity index (χ1) is 13.7. The van der Waals surface area contributed by atoms with Crippen molar-refractivity contribution < 1.29 is 31.1 Å². The maximum absolute atomic E-state index is 12.9. The highest BCUT2D eigenvalue weighted by atomic mass is 32.2. The molecule has 1 aliphatic rings. The van der Waals surface area contributed by atoms with E-state index in [0.29, 0.717) is 19.3 Å². The Morgan fingerprint density at radius 3 is 2.55 bits per heavy atom. The summed E-state index contributed by atoms with van der Waals surface area (Å²) < 4.78 is 71.4. The van der Waals surface area contributed by atoms with Crippen molar-refractivity contribution in [2.75, 3.05) is 17.9 Å². The minimum atomic E-state index is -4.68. The summed E-state index contributed by atoms with van der Waals surface area (Å²) in [4.78, 5) is 12.0. The molecule has 1 unspecified atom stereocenters. The van der Waals surface area contributed by atoms with Gasteiger partial charge in [-0.1, -0.05) is 18.2 Å². The zero-order valence-electron chi connectivity index (χ0n) is 15.2. The van der Waals surface area contributed by atoms with Gasteiger partial charge in [0.25, 0.3) is 15.9 Å². The summed E-state index contributed by atoms with van der Waals surface area (Å²) in [6.07, 6.45) is -3.13. The zero-order valence-corrected chi connectivity index (χ0v) is 16.0. The van der Waals surface area contributed by atoms with Crippen LogP contribution in [0, 0.1) is 0 Å². The van der Waals surface area contributed by atoms with Crippen LogP contribution in [-0.4, -0.2) is 33.6 Å². The van der Waals surface area contributed by atoms with Crippen LogP contribution in [0.1, 0.15) is 28.8 Å². The molecule has 0 bridgehead atoms. The molecular formula is C19H19F3N2O4S. The Balaban J connectivity index is 1.84. The van der Waals surface area contributed by atoms with E-state index in [0.717, 1.165) is 31.0 Å². The van der Waals surface area contributed by atoms with Crippen molar-refractivity contribution in [3.8, 4) is 0 Å². The Morgan fingerprint density at radius 1 is 1.10 bits per heavy atom. The first kappa shape index (κ1) is 21.1. The van der Waals surface area contributed by atoms with Gasteiger partial charge >= 0.3 is 6.18 Å². The Kier molecular flexibility index (Phi) is 6.13. The first-order valence-electron chi connectivity index (χ1n) is 8.84. The molecule has 156 valence electrons. The SMILES string of the molecule is O=C(NC1CCCOC1)c1ccccc1NS(=O)(=O)c1cccc(C(F)(F)F)c1. The molecule has 1 saturated heterocycles. The summed E-state index contributed by atoms with van der Waals surface area (Å²) in [5.74, 6) is -0.497. The lowest BCUT2D eigenvalue weighted by molar-refractivity contribution is -0.137. The van der Waals surface area contributed by atoms with Crippen molar-refractivity contribution in [3.63, 3.8) is 0 Å². The van der Waals surface area contributed by atoms with Gasteiger partial charge in [0, 0.05) is 6.61 Å². The molecule has 1 atom stereocenters. The minimum absolute atomic E-state index is 0.0286. The van der Waals surface area contributed by atoms with Crippen LogP contribution in [0.5, 0.6) is 0 Å². The number of alkyl halides is 3. The molecule has 10 heteroatoms. The highest BCUT2D eigenvalue weighted by Gasteiger charge is 2.32. The van der Waals surface area contributed by atoms with Gasteiger partial charge in [-0.25, -0.2) is 8.42 Å². The molecule has 1 aliphatic heterocycles. The maximum Gasteiger partial charge on any atom is 0.416 e. The number of benzene rings is 2. The van der Waals surface area contributed by atoms with Gasteiger partial charge in [-0.15, -0.1) is 0 Å². The molecule has 0 aromatic heterocycles. The molecule has 2 aromatic rings. The fourth-order valence-corrected chi connectivity index (χ4v) is 4.06. The quantitative estimate of drug-likeness (QED) is 0.765. The summed E-state index contributed by atoms with van der Waals surface area (Å²) >= 11 is 0. The number of carbonyl (C=O) groups is 1. The third-order valence-electron chi connectivity index (χ3n) is 4.38. The van der Waals surface area contributed by atoms with E-state index in [1.807, 2.05) is 0 Å². The van der Waals surface area contributed by atoms with E-state index in [9.17, 15) is 26.4 Å². The highest BCUT2D eigenvalue weighted by molar-refractivity contribution is 7.92. The number of hydrogen-bond acceptors (Lipinski definition) is 4. The van der Waals surface area contributed by atoms with Crippen molar-refractivity contribution >= 4 is 21.6 Å². The second kappa shape index (κ2) is 8.42. The van der Waals surface area contributed by atoms with E-state index in [2.05, 4.69) is 10.0 Å². The molecule has 0 saturated carbocycles. The Hall–Kier alpha value is -2.59. The van der Waals surface area contributed by atoms with Gasteiger partial charge in [0.2, 0.25) is 0 Å². The summed E-state index contributed by atoms with van der Waals surface area (Å²) in [5, 5.41) is 2.78. The molecule has 1 amide bonds. The minimum Gasteiger partial charge on any atom is -0.379 e. The van der Waals surface area contributed by atoms with E-state index in [1.54, 1.807) is 6.07 Å². The molecule has 0 aliphatic carbocycles. The van der Waals surface area contributed by atoms with Crippen molar-refractivity contribution in [2.24, 2.45) is 0 Å². The third kappa shape index (κ3) is 5.27. The molecule has 2 N–H and O–H groups in total. The molecule has 1 fully saturated rings. The Bertz CT molecular complexity index is 987. The molecule has 1 heterocycles. The second-order valence-corrected chi connectivity index (χ2v) is 8.25. The number of carbonyl (C=O) groups excluding carboxylic acids is 1. The average molecular weight is 428 g/mol. The molecule has 0 spiro atoms. The van der Waals surface area contributed by atoms with Crippen LogP contribution in [0.3, 0.4) is 0 Å². The van der Waals surface area contributed by atoms with Gasteiger partial charge < -0.3 is 10.1 Å². The monoisotopic (exact) mass is 428 g/mol. The highest BCUT2D eigenvalue weighted by Crippen LogP contribution is 2.31. The number of hydrogen-bond donors (Lipinski definition) is 2. The number of nitrogens with one attached hydrogen (secondary N) is 2. The number of ether oxygens (including phenoxy) is 1. The van der Waals surface area contributed by atoms with Crippen molar-refractivity contribution in [1.29, 1.82) is 0 Å². The van der Waals surface area contributed by atoms with Gasteiger partial charge in [0.05, 0.1) is 34.4 Å². The van der Waals surface area contributed by atoms with E-state index < -0.39 is 32.6 Å². The predicted molar refractivity (Wildman–Crippen MR) is 100 cm³/mol. The van der Waals surface area contributed by atoms with Crippen molar-refractivity contribution in [3.05, 3.63) is 59.7 Å². The largest absolute Gasteiger partial charge is 0.416 e. The number of anilines is 1. The number of amides is 1. The van der Waals surface area contributed by atoms with E-state index in [1.165, 1.54) is 18.2 Å². The Labute approximate surface area is 166 Å². The fraction of sp³-hybridized carbons (Fsp3) is 0.316. The van der Waals surface area contributed by atoms with Gasteiger partial charge in [-0.2, -0.15) is 13.2 Å².